The van der Waals surface area contributed by atoms with E-state index in [1.165, 1.54) is 0 Å². The Kier molecular flexibility index (Phi) is 52.9. The van der Waals surface area contributed by atoms with E-state index >= 15 is 0 Å². The molecule has 0 unspecified atom stereocenters. The maximum atomic E-state index is 7.57. The average Bonchev–Trinajstić information content (AvgIpc) is 0.918. The van der Waals surface area contributed by atoms with Gasteiger partial charge in [-0.3, -0.25) is 0 Å². The van der Waals surface area contributed by atoms with Crippen molar-refractivity contribution in [3.8, 4) is 0 Å². The Labute approximate surface area is 89.9 Å². The van der Waals surface area contributed by atoms with Gasteiger partial charge in [0.25, 0.3) is 0 Å². The predicted octanol–water partition coefficient (Wildman–Crippen LogP) is -5.99. The van der Waals surface area contributed by atoms with Crippen molar-refractivity contribution in [3.63, 3.8) is 0 Å². The molecule has 1 nitrogen and oxygen atoms in total. The SMILES string of the molecule is CCO.[Cs+].[F-]. The summed E-state index contributed by atoms with van der Waals surface area (Å²) in [5.41, 5.74) is 0. The van der Waals surface area contributed by atoms with Crippen LogP contribution in [0.25, 0.3) is 0 Å². The molecule has 0 aliphatic heterocycles. The minimum absolute atomic E-state index is 0. The van der Waals surface area contributed by atoms with Gasteiger partial charge < -0.3 is 9.81 Å². The number of hydrogen-bond donors (Lipinski definition) is 1. The summed E-state index contributed by atoms with van der Waals surface area (Å²) in [5, 5.41) is 7.57. The molecule has 0 heterocycles. The van der Waals surface area contributed by atoms with Crippen LogP contribution in [0.3, 0.4) is 0 Å². The monoisotopic (exact) mass is 198 g/mol. The first kappa shape index (κ1) is 15.8. The van der Waals surface area contributed by atoms with Gasteiger partial charge in [0.2, 0.25) is 0 Å². The first-order chi connectivity index (χ1) is 1.41. The molecule has 0 aliphatic carbocycles. The summed E-state index contributed by atoms with van der Waals surface area (Å²) >= 11 is 0. The van der Waals surface area contributed by atoms with Gasteiger partial charge in [-0.1, -0.05) is 0 Å². The van der Waals surface area contributed by atoms with Crippen LogP contribution in [0.4, 0.5) is 0 Å². The van der Waals surface area contributed by atoms with Crippen LogP contribution in [-0.4, -0.2) is 11.7 Å². The van der Waals surface area contributed by atoms with E-state index in [9.17, 15) is 0 Å². The predicted molar refractivity (Wildman–Crippen MR) is 12.8 cm³/mol. The average molecular weight is 198 g/mol. The van der Waals surface area contributed by atoms with Crippen molar-refractivity contribution in [2.24, 2.45) is 0 Å². The van der Waals surface area contributed by atoms with Crippen molar-refractivity contribution in [3.05, 3.63) is 0 Å². The molecule has 0 saturated heterocycles. The van der Waals surface area contributed by atoms with Crippen LogP contribution < -0.4 is 73.6 Å². The molecular formula is C2H6CsFO. The Bertz CT molecular complexity index is 9.61. The number of halogens is 1. The quantitative estimate of drug-likeness (QED) is 0.411. The third-order valence-electron chi connectivity index (χ3n) is 0. The number of rotatable bonds is 0. The molecule has 0 atom stereocenters. The topological polar surface area (TPSA) is 20.2 Å². The van der Waals surface area contributed by atoms with Crippen LogP contribution >= 0.6 is 0 Å². The minimum atomic E-state index is 0. The molecule has 0 fully saturated rings. The molecule has 5 heavy (non-hydrogen) atoms. The first-order valence-corrected chi connectivity index (χ1v) is 1.02. The molecule has 3 heteroatoms. The molecular weight excluding hydrogens is 192 g/mol. The van der Waals surface area contributed by atoms with Crippen molar-refractivity contribution < 1.29 is 78.7 Å². The fourth-order valence-corrected chi connectivity index (χ4v) is 0. The molecule has 0 aromatic rings. The Morgan fingerprint density at radius 2 is 1.60 bits per heavy atom. The molecule has 0 saturated carbocycles. The summed E-state index contributed by atoms with van der Waals surface area (Å²) in [7, 11) is 0. The third kappa shape index (κ3) is 24.5. The van der Waals surface area contributed by atoms with E-state index in [0.29, 0.717) is 0 Å². The molecule has 28 valence electrons. The van der Waals surface area contributed by atoms with Gasteiger partial charge in [0, 0.05) is 6.61 Å². The number of aliphatic hydroxyl groups excluding tert-OH is 1. The third-order valence-corrected chi connectivity index (χ3v) is 0. The van der Waals surface area contributed by atoms with Crippen LogP contribution in [-0.2, 0) is 0 Å². The Hall–Kier alpha value is 1.94. The fraction of sp³-hybridized carbons (Fsp3) is 1.00. The summed E-state index contributed by atoms with van der Waals surface area (Å²) < 4.78 is 0. The van der Waals surface area contributed by atoms with E-state index in [1.807, 2.05) is 0 Å². The molecule has 0 aliphatic rings. The van der Waals surface area contributed by atoms with E-state index in [1.54, 1.807) is 6.92 Å². The molecule has 1 N–H and O–H groups in total. The molecule has 0 amide bonds. The van der Waals surface area contributed by atoms with E-state index in [2.05, 4.69) is 0 Å². The molecule has 0 radical (unpaired) electrons. The van der Waals surface area contributed by atoms with Gasteiger partial charge in [0.05, 0.1) is 0 Å². The Balaban J connectivity index is -0.0000000200. The maximum Gasteiger partial charge on any atom is 1.00 e. The zero-order chi connectivity index (χ0) is 2.71. The van der Waals surface area contributed by atoms with Crippen LogP contribution in [0.5, 0.6) is 0 Å². The summed E-state index contributed by atoms with van der Waals surface area (Å²) in [6.45, 7) is 1.93. The number of aliphatic hydroxyl groups is 1. The fourth-order valence-electron chi connectivity index (χ4n) is 0. The molecule has 0 aromatic heterocycles. The second-order valence-electron chi connectivity index (χ2n) is 0.316. The van der Waals surface area contributed by atoms with Crippen molar-refractivity contribution in [2.45, 2.75) is 6.92 Å². The van der Waals surface area contributed by atoms with Gasteiger partial charge in [0.15, 0.2) is 0 Å². The van der Waals surface area contributed by atoms with Gasteiger partial charge >= 0.3 is 68.9 Å². The molecule has 0 spiro atoms. The van der Waals surface area contributed by atoms with Crippen LogP contribution in [0, 0.1) is 0 Å². The van der Waals surface area contributed by atoms with Crippen molar-refractivity contribution in [2.75, 3.05) is 6.61 Å². The molecule has 0 rings (SSSR count). The van der Waals surface area contributed by atoms with E-state index < -0.39 is 0 Å². The zero-order valence-electron chi connectivity index (χ0n) is 3.53. The Morgan fingerprint density at radius 1 is 1.60 bits per heavy atom. The Morgan fingerprint density at radius 3 is 1.60 bits per heavy atom. The van der Waals surface area contributed by atoms with Gasteiger partial charge in [-0.05, 0) is 6.92 Å². The van der Waals surface area contributed by atoms with E-state index in [-0.39, 0.29) is 80.2 Å². The van der Waals surface area contributed by atoms with Gasteiger partial charge in [-0.2, -0.15) is 0 Å². The largest absolute Gasteiger partial charge is 1.00 e. The second-order valence-corrected chi connectivity index (χ2v) is 0.316. The van der Waals surface area contributed by atoms with Crippen LogP contribution in [0.15, 0.2) is 0 Å². The van der Waals surface area contributed by atoms with Gasteiger partial charge in [-0.25, -0.2) is 0 Å². The first-order valence-electron chi connectivity index (χ1n) is 1.02. The van der Waals surface area contributed by atoms with E-state index in [4.69, 9.17) is 5.11 Å². The summed E-state index contributed by atoms with van der Waals surface area (Å²) in [5.74, 6) is 0. The second kappa shape index (κ2) is 16.8. The maximum absolute atomic E-state index is 7.57. The zero-order valence-corrected chi connectivity index (χ0v) is 9.81. The molecule has 0 bridgehead atoms. The normalized spacial score (nSPS) is 3.60. The van der Waals surface area contributed by atoms with Gasteiger partial charge in [0.1, 0.15) is 0 Å². The summed E-state index contributed by atoms with van der Waals surface area (Å²) in [6.07, 6.45) is 0. The molecule has 0 aromatic carbocycles. The van der Waals surface area contributed by atoms with Crippen molar-refractivity contribution in [1.82, 2.24) is 0 Å². The minimum Gasteiger partial charge on any atom is -1.00 e. The van der Waals surface area contributed by atoms with Gasteiger partial charge in [-0.15, -0.1) is 0 Å². The summed E-state index contributed by atoms with van der Waals surface area (Å²) in [4.78, 5) is 0. The van der Waals surface area contributed by atoms with Crippen LogP contribution in [0.2, 0.25) is 0 Å². The van der Waals surface area contributed by atoms with Crippen LogP contribution in [0.1, 0.15) is 6.92 Å². The standard InChI is InChI=1S/C2H6O.Cs.FH/c1-2-3;;/h3H,2H2,1H3;;1H/q;+1;/p-1. The van der Waals surface area contributed by atoms with E-state index in [0.717, 1.165) is 0 Å². The number of hydrogen-bond acceptors (Lipinski definition) is 1. The summed E-state index contributed by atoms with van der Waals surface area (Å²) in [6, 6.07) is 0. The van der Waals surface area contributed by atoms with Crippen molar-refractivity contribution in [1.29, 1.82) is 0 Å². The smallest absolute Gasteiger partial charge is 1.00 e. The van der Waals surface area contributed by atoms with Crippen molar-refractivity contribution >= 4 is 0 Å².